The monoisotopic (exact) mass is 264 g/mol. The molecule has 5 heteroatoms. The van der Waals surface area contributed by atoms with E-state index < -0.39 is 0 Å². The fourth-order valence-electron chi connectivity index (χ4n) is 2.36. The lowest BCUT2D eigenvalue weighted by Gasteiger charge is -2.23. The maximum atomic E-state index is 5.15. The van der Waals surface area contributed by atoms with Gasteiger partial charge in [-0.25, -0.2) is 9.97 Å². The first-order valence-electron chi connectivity index (χ1n) is 7.12. The van der Waals surface area contributed by atoms with Gasteiger partial charge in [0.1, 0.15) is 11.6 Å². The molecule has 2 heterocycles. The second-order valence-electron chi connectivity index (χ2n) is 5.02. The van der Waals surface area contributed by atoms with E-state index in [2.05, 4.69) is 27.5 Å². The van der Waals surface area contributed by atoms with Crippen LogP contribution in [0.5, 0.6) is 0 Å². The van der Waals surface area contributed by atoms with Gasteiger partial charge in [-0.1, -0.05) is 6.92 Å². The minimum absolute atomic E-state index is 0.539. The van der Waals surface area contributed by atoms with Gasteiger partial charge in [-0.2, -0.15) is 0 Å². The van der Waals surface area contributed by atoms with Crippen LogP contribution in [-0.2, 0) is 17.8 Å². The zero-order chi connectivity index (χ0) is 13.5. The van der Waals surface area contributed by atoms with Crippen molar-refractivity contribution in [2.75, 3.05) is 32.1 Å². The van der Waals surface area contributed by atoms with E-state index in [0.29, 0.717) is 6.61 Å². The van der Waals surface area contributed by atoms with Gasteiger partial charge in [0.05, 0.1) is 12.3 Å². The molecule has 0 atom stereocenters. The summed E-state index contributed by atoms with van der Waals surface area (Å²) in [4.78, 5) is 8.98. The molecule has 0 amide bonds. The average Bonchev–Trinajstić information content (AvgIpc) is 2.46. The van der Waals surface area contributed by atoms with Gasteiger partial charge in [-0.05, 0) is 31.8 Å². The molecule has 0 aliphatic carbocycles. The summed E-state index contributed by atoms with van der Waals surface area (Å²) in [5, 5.41) is 6.84. The molecule has 0 spiro atoms. The van der Waals surface area contributed by atoms with E-state index in [1.165, 1.54) is 12.8 Å². The Morgan fingerprint density at radius 2 is 2.16 bits per heavy atom. The number of aryl methyl sites for hydroxylation is 1. The highest BCUT2D eigenvalue weighted by Gasteiger charge is 2.13. The lowest BCUT2D eigenvalue weighted by Crippen LogP contribution is -2.31. The maximum absolute atomic E-state index is 5.15. The summed E-state index contributed by atoms with van der Waals surface area (Å²) in [6.07, 6.45) is 3.33. The van der Waals surface area contributed by atoms with Gasteiger partial charge in [-0.15, -0.1) is 0 Å². The Labute approximate surface area is 115 Å². The molecule has 0 aromatic carbocycles. The van der Waals surface area contributed by atoms with E-state index in [0.717, 1.165) is 49.3 Å². The van der Waals surface area contributed by atoms with Crippen LogP contribution < -0.4 is 10.6 Å². The number of nitrogens with zero attached hydrogens (tertiary/aromatic N) is 2. The Morgan fingerprint density at radius 1 is 1.37 bits per heavy atom. The van der Waals surface area contributed by atoms with Crippen LogP contribution in [0, 0.1) is 5.92 Å². The number of anilines is 1. The van der Waals surface area contributed by atoms with Gasteiger partial charge in [0.15, 0.2) is 0 Å². The van der Waals surface area contributed by atoms with Crippen LogP contribution in [-0.4, -0.2) is 36.7 Å². The van der Waals surface area contributed by atoms with Crippen molar-refractivity contribution in [3.8, 4) is 0 Å². The largest absolute Gasteiger partial charge is 0.378 e. The van der Waals surface area contributed by atoms with E-state index in [1.54, 1.807) is 7.11 Å². The summed E-state index contributed by atoms with van der Waals surface area (Å²) in [5.41, 5.74) is 0.946. The van der Waals surface area contributed by atoms with Crippen LogP contribution in [0.25, 0.3) is 0 Å². The van der Waals surface area contributed by atoms with Crippen molar-refractivity contribution in [2.24, 2.45) is 5.92 Å². The fourth-order valence-corrected chi connectivity index (χ4v) is 2.36. The molecule has 0 unspecified atom stereocenters. The molecule has 1 fully saturated rings. The predicted molar refractivity (Wildman–Crippen MR) is 76.2 cm³/mol. The van der Waals surface area contributed by atoms with Crippen molar-refractivity contribution in [1.29, 1.82) is 0 Å². The lowest BCUT2D eigenvalue weighted by atomic mass is 9.98. The molecule has 106 valence electrons. The second-order valence-corrected chi connectivity index (χ2v) is 5.02. The van der Waals surface area contributed by atoms with Gasteiger partial charge < -0.3 is 15.4 Å². The number of hydrogen-bond donors (Lipinski definition) is 2. The minimum atomic E-state index is 0.539. The molecule has 19 heavy (non-hydrogen) atoms. The Balaban J connectivity index is 1.95. The molecule has 1 aromatic heterocycles. The maximum Gasteiger partial charge on any atom is 0.130 e. The van der Waals surface area contributed by atoms with Gasteiger partial charge >= 0.3 is 0 Å². The predicted octanol–water partition coefficient (Wildman–Crippen LogP) is 1.60. The van der Waals surface area contributed by atoms with Crippen LogP contribution in [0.4, 0.5) is 5.82 Å². The zero-order valence-corrected chi connectivity index (χ0v) is 11.9. The molecule has 0 bridgehead atoms. The average molecular weight is 264 g/mol. The molecular formula is C14H24N4O. The van der Waals surface area contributed by atoms with Crippen LogP contribution in [0.15, 0.2) is 6.07 Å². The summed E-state index contributed by atoms with van der Waals surface area (Å²) in [7, 11) is 1.69. The zero-order valence-electron chi connectivity index (χ0n) is 11.9. The highest BCUT2D eigenvalue weighted by atomic mass is 16.5. The molecule has 1 aliphatic rings. The first-order valence-corrected chi connectivity index (χ1v) is 7.12. The van der Waals surface area contributed by atoms with Gasteiger partial charge in [0, 0.05) is 26.1 Å². The van der Waals surface area contributed by atoms with Crippen LogP contribution in [0.1, 0.15) is 31.3 Å². The molecule has 5 nitrogen and oxygen atoms in total. The Bertz CT molecular complexity index is 391. The van der Waals surface area contributed by atoms with Crippen molar-refractivity contribution in [1.82, 2.24) is 15.3 Å². The quantitative estimate of drug-likeness (QED) is 0.817. The number of hydrogen-bond acceptors (Lipinski definition) is 5. The summed E-state index contributed by atoms with van der Waals surface area (Å²) in [6.45, 7) is 5.87. The molecule has 2 rings (SSSR count). The lowest BCUT2D eigenvalue weighted by molar-refractivity contribution is 0.181. The Hall–Kier alpha value is -1.20. The molecule has 1 aromatic rings. The molecule has 1 aliphatic heterocycles. The second kappa shape index (κ2) is 7.40. The van der Waals surface area contributed by atoms with Crippen molar-refractivity contribution < 1.29 is 4.74 Å². The van der Waals surface area contributed by atoms with Crippen molar-refractivity contribution in [3.05, 3.63) is 17.6 Å². The smallest absolute Gasteiger partial charge is 0.130 e. The molecule has 1 saturated heterocycles. The molecule has 0 saturated carbocycles. The van der Waals surface area contributed by atoms with Crippen LogP contribution in [0.3, 0.4) is 0 Å². The highest BCUT2D eigenvalue weighted by Crippen LogP contribution is 2.14. The third-order valence-corrected chi connectivity index (χ3v) is 3.46. The Morgan fingerprint density at radius 3 is 2.84 bits per heavy atom. The van der Waals surface area contributed by atoms with Gasteiger partial charge in [0.25, 0.3) is 0 Å². The van der Waals surface area contributed by atoms with E-state index in [1.807, 2.05) is 6.07 Å². The van der Waals surface area contributed by atoms with E-state index >= 15 is 0 Å². The third-order valence-electron chi connectivity index (χ3n) is 3.46. The number of rotatable bonds is 6. The normalized spacial score (nSPS) is 16.5. The topological polar surface area (TPSA) is 59.1 Å². The van der Waals surface area contributed by atoms with E-state index in [4.69, 9.17) is 4.74 Å². The minimum Gasteiger partial charge on any atom is -0.378 e. The van der Waals surface area contributed by atoms with E-state index in [-0.39, 0.29) is 0 Å². The summed E-state index contributed by atoms with van der Waals surface area (Å²) in [6, 6.07) is 1.99. The Kier molecular flexibility index (Phi) is 5.54. The summed E-state index contributed by atoms with van der Waals surface area (Å²) < 4.78 is 5.15. The number of piperidine rings is 1. The number of ether oxygens (including phenoxy) is 1. The number of nitrogens with one attached hydrogen (secondary N) is 2. The van der Waals surface area contributed by atoms with Crippen molar-refractivity contribution >= 4 is 5.82 Å². The van der Waals surface area contributed by atoms with Gasteiger partial charge in [-0.3, -0.25) is 0 Å². The number of methoxy groups -OCH3 is 1. The van der Waals surface area contributed by atoms with Gasteiger partial charge in [0.2, 0.25) is 0 Å². The molecular weight excluding hydrogens is 240 g/mol. The first-order chi connectivity index (χ1) is 9.31. The van der Waals surface area contributed by atoms with Crippen molar-refractivity contribution in [2.45, 2.75) is 32.8 Å². The summed E-state index contributed by atoms with van der Waals surface area (Å²) in [5.74, 6) is 2.55. The first kappa shape index (κ1) is 14.2. The highest BCUT2D eigenvalue weighted by molar-refractivity contribution is 5.36. The third kappa shape index (κ3) is 4.44. The van der Waals surface area contributed by atoms with E-state index in [9.17, 15) is 0 Å². The molecule has 2 N–H and O–H groups in total. The standard InChI is InChI=1S/C14H24N4O/c1-3-13-17-12(10-19-2)8-14(18-13)16-9-11-4-6-15-7-5-11/h8,11,15H,3-7,9-10H2,1-2H3,(H,16,17,18). The fraction of sp³-hybridized carbons (Fsp3) is 0.714. The van der Waals surface area contributed by atoms with Crippen LogP contribution in [0.2, 0.25) is 0 Å². The van der Waals surface area contributed by atoms with Crippen molar-refractivity contribution in [3.63, 3.8) is 0 Å². The SMILES string of the molecule is CCc1nc(COC)cc(NCC2CCNCC2)n1. The van der Waals surface area contributed by atoms with Crippen LogP contribution >= 0.6 is 0 Å². The molecule has 0 radical (unpaired) electrons. The number of aromatic nitrogens is 2. The summed E-state index contributed by atoms with van der Waals surface area (Å²) >= 11 is 0.